The van der Waals surface area contributed by atoms with Gasteiger partial charge in [-0.15, -0.1) is 0 Å². The van der Waals surface area contributed by atoms with Crippen molar-refractivity contribution in [1.29, 1.82) is 0 Å². The smallest absolute Gasteiger partial charge is 0.306 e. The van der Waals surface area contributed by atoms with Crippen molar-refractivity contribution in [2.75, 3.05) is 0 Å². The van der Waals surface area contributed by atoms with Crippen LogP contribution < -0.4 is 0 Å². The van der Waals surface area contributed by atoms with Gasteiger partial charge in [-0.25, -0.2) is 0 Å². The van der Waals surface area contributed by atoms with Crippen LogP contribution in [-0.2, 0) is 11.2 Å². The van der Waals surface area contributed by atoms with Crippen LogP contribution >= 0.6 is 0 Å². The van der Waals surface area contributed by atoms with Gasteiger partial charge in [0.25, 0.3) is 0 Å². The molecule has 17 heavy (non-hydrogen) atoms. The van der Waals surface area contributed by atoms with E-state index in [1.807, 2.05) is 0 Å². The van der Waals surface area contributed by atoms with Crippen molar-refractivity contribution in [3.63, 3.8) is 0 Å². The van der Waals surface area contributed by atoms with Crippen molar-refractivity contribution in [2.45, 2.75) is 46.0 Å². The molecule has 0 aliphatic rings. The molecule has 0 heterocycles. The lowest BCUT2D eigenvalue weighted by Crippen LogP contribution is -2.09. The fourth-order valence-electron chi connectivity index (χ4n) is 1.81. The van der Waals surface area contributed by atoms with Crippen LogP contribution in [0.25, 0.3) is 0 Å². The van der Waals surface area contributed by atoms with E-state index in [1.54, 1.807) is 6.92 Å². The molecular formula is C15H22O2. The highest BCUT2D eigenvalue weighted by Gasteiger charge is 2.09. The molecule has 1 aromatic carbocycles. The number of aryl methyl sites for hydroxylation is 1. The molecule has 94 valence electrons. The molecule has 1 atom stereocenters. The number of hydrogen-bond acceptors (Lipinski definition) is 1. The van der Waals surface area contributed by atoms with Crippen LogP contribution in [0, 0.1) is 5.92 Å². The lowest BCUT2D eigenvalue weighted by Gasteiger charge is -2.08. The average Bonchev–Trinajstić information content (AvgIpc) is 2.29. The zero-order valence-corrected chi connectivity index (χ0v) is 10.9. The molecular weight excluding hydrogens is 212 g/mol. The molecule has 2 heteroatoms. The molecule has 1 N–H and O–H groups in total. The van der Waals surface area contributed by atoms with Gasteiger partial charge >= 0.3 is 5.97 Å². The number of hydrogen-bond donors (Lipinski definition) is 1. The van der Waals surface area contributed by atoms with Gasteiger partial charge in [0.05, 0.1) is 5.92 Å². The molecule has 1 unspecified atom stereocenters. The highest BCUT2D eigenvalue weighted by atomic mass is 16.4. The molecule has 0 radical (unpaired) electrons. The number of carboxylic acids is 1. The van der Waals surface area contributed by atoms with E-state index in [1.165, 1.54) is 11.1 Å². The normalized spacial score (nSPS) is 12.7. The van der Waals surface area contributed by atoms with Gasteiger partial charge in [-0.1, -0.05) is 45.0 Å². The van der Waals surface area contributed by atoms with Gasteiger partial charge < -0.3 is 5.11 Å². The Labute approximate surface area is 104 Å². The van der Waals surface area contributed by atoms with Crippen molar-refractivity contribution in [2.24, 2.45) is 5.92 Å². The molecule has 0 bridgehead atoms. The molecule has 0 amide bonds. The minimum atomic E-state index is -0.694. The van der Waals surface area contributed by atoms with Gasteiger partial charge in [0, 0.05) is 0 Å². The van der Waals surface area contributed by atoms with Crippen LogP contribution in [0.5, 0.6) is 0 Å². The molecule has 0 aliphatic heterocycles. The van der Waals surface area contributed by atoms with Gasteiger partial charge in [0.1, 0.15) is 0 Å². The SMILES string of the molecule is CC(CCCc1ccc(C(C)C)cc1)C(=O)O. The molecule has 1 rings (SSSR count). The largest absolute Gasteiger partial charge is 0.481 e. The number of carbonyl (C=O) groups is 1. The van der Waals surface area contributed by atoms with E-state index in [0.29, 0.717) is 5.92 Å². The predicted octanol–water partition coefficient (Wildman–Crippen LogP) is 3.85. The second-order valence-electron chi connectivity index (χ2n) is 5.03. The first-order chi connectivity index (χ1) is 8.00. The highest BCUT2D eigenvalue weighted by Crippen LogP contribution is 2.16. The first kappa shape index (κ1) is 13.8. The molecule has 0 fully saturated rings. The van der Waals surface area contributed by atoms with E-state index < -0.39 is 5.97 Å². The first-order valence-corrected chi connectivity index (χ1v) is 6.32. The summed E-state index contributed by atoms with van der Waals surface area (Å²) in [6.45, 7) is 6.14. The monoisotopic (exact) mass is 234 g/mol. The van der Waals surface area contributed by atoms with Crippen molar-refractivity contribution in [3.8, 4) is 0 Å². The minimum absolute atomic E-state index is 0.232. The third kappa shape index (κ3) is 4.59. The second-order valence-corrected chi connectivity index (χ2v) is 5.03. The van der Waals surface area contributed by atoms with Gasteiger partial charge in [0.15, 0.2) is 0 Å². The fraction of sp³-hybridized carbons (Fsp3) is 0.533. The Morgan fingerprint density at radius 1 is 1.18 bits per heavy atom. The van der Waals surface area contributed by atoms with Crippen molar-refractivity contribution in [1.82, 2.24) is 0 Å². The summed E-state index contributed by atoms with van der Waals surface area (Å²) in [7, 11) is 0. The molecule has 0 saturated heterocycles. The molecule has 0 saturated carbocycles. The number of rotatable bonds is 6. The summed E-state index contributed by atoms with van der Waals surface area (Å²) < 4.78 is 0. The molecule has 0 aromatic heterocycles. The Balaban J connectivity index is 2.40. The molecule has 0 aliphatic carbocycles. The van der Waals surface area contributed by atoms with Crippen LogP contribution in [0.4, 0.5) is 0 Å². The van der Waals surface area contributed by atoms with E-state index in [-0.39, 0.29) is 5.92 Å². The van der Waals surface area contributed by atoms with Crippen molar-refractivity contribution >= 4 is 5.97 Å². The minimum Gasteiger partial charge on any atom is -0.481 e. The standard InChI is InChI=1S/C15H22O2/c1-11(2)14-9-7-13(8-10-14)6-4-5-12(3)15(16)17/h7-12H,4-6H2,1-3H3,(H,16,17). The van der Waals surface area contributed by atoms with Gasteiger partial charge in [-0.05, 0) is 36.3 Å². The molecule has 0 spiro atoms. The predicted molar refractivity (Wildman–Crippen MR) is 70.3 cm³/mol. The average molecular weight is 234 g/mol. The van der Waals surface area contributed by atoms with Crippen LogP contribution in [0.1, 0.15) is 50.7 Å². The maximum absolute atomic E-state index is 10.7. The van der Waals surface area contributed by atoms with E-state index >= 15 is 0 Å². The Morgan fingerprint density at radius 3 is 2.24 bits per heavy atom. The number of benzene rings is 1. The Bertz CT molecular complexity index is 352. The Kier molecular flexibility index (Phi) is 5.20. The Hall–Kier alpha value is -1.31. The zero-order valence-electron chi connectivity index (χ0n) is 10.9. The van der Waals surface area contributed by atoms with Crippen LogP contribution in [-0.4, -0.2) is 11.1 Å². The summed E-state index contributed by atoms with van der Waals surface area (Å²) in [5.41, 5.74) is 2.65. The second kappa shape index (κ2) is 6.43. The van der Waals surface area contributed by atoms with Gasteiger partial charge in [0.2, 0.25) is 0 Å². The van der Waals surface area contributed by atoms with Crippen molar-refractivity contribution < 1.29 is 9.90 Å². The summed E-state index contributed by atoms with van der Waals surface area (Å²) in [6.07, 6.45) is 2.66. The summed E-state index contributed by atoms with van der Waals surface area (Å²) in [5, 5.41) is 8.78. The van der Waals surface area contributed by atoms with Crippen LogP contribution in [0.2, 0.25) is 0 Å². The number of carboxylic acid groups (broad SMARTS) is 1. The third-order valence-corrected chi connectivity index (χ3v) is 3.17. The summed E-state index contributed by atoms with van der Waals surface area (Å²) in [5.74, 6) is -0.360. The fourth-order valence-corrected chi connectivity index (χ4v) is 1.81. The van der Waals surface area contributed by atoms with Crippen molar-refractivity contribution in [3.05, 3.63) is 35.4 Å². The maximum Gasteiger partial charge on any atom is 0.306 e. The summed E-state index contributed by atoms with van der Waals surface area (Å²) in [6, 6.07) is 8.64. The van der Waals surface area contributed by atoms with E-state index in [0.717, 1.165) is 19.3 Å². The van der Waals surface area contributed by atoms with E-state index in [4.69, 9.17) is 5.11 Å². The molecule has 2 nitrogen and oxygen atoms in total. The van der Waals surface area contributed by atoms with E-state index in [2.05, 4.69) is 38.1 Å². The topological polar surface area (TPSA) is 37.3 Å². The molecule has 1 aromatic rings. The number of aliphatic carboxylic acids is 1. The summed E-state index contributed by atoms with van der Waals surface area (Å²) in [4.78, 5) is 10.7. The van der Waals surface area contributed by atoms with E-state index in [9.17, 15) is 4.79 Å². The lowest BCUT2D eigenvalue weighted by molar-refractivity contribution is -0.141. The third-order valence-electron chi connectivity index (χ3n) is 3.17. The van der Waals surface area contributed by atoms with Crippen LogP contribution in [0.15, 0.2) is 24.3 Å². The lowest BCUT2D eigenvalue weighted by atomic mass is 9.98. The Morgan fingerprint density at radius 2 is 1.76 bits per heavy atom. The summed E-state index contributed by atoms with van der Waals surface area (Å²) >= 11 is 0. The van der Waals surface area contributed by atoms with Crippen LogP contribution in [0.3, 0.4) is 0 Å². The highest BCUT2D eigenvalue weighted by molar-refractivity contribution is 5.69. The maximum atomic E-state index is 10.7. The van der Waals surface area contributed by atoms with Gasteiger partial charge in [-0.3, -0.25) is 4.79 Å². The first-order valence-electron chi connectivity index (χ1n) is 6.32. The quantitative estimate of drug-likeness (QED) is 0.811. The zero-order chi connectivity index (χ0) is 12.8. The van der Waals surface area contributed by atoms with Gasteiger partial charge in [-0.2, -0.15) is 0 Å².